The lowest BCUT2D eigenvalue weighted by Crippen LogP contribution is -2.32. The quantitative estimate of drug-likeness (QED) is 0.246. The van der Waals surface area contributed by atoms with Gasteiger partial charge in [0, 0.05) is 18.3 Å². The second kappa shape index (κ2) is 11.4. The molecule has 0 aliphatic rings. The van der Waals surface area contributed by atoms with Crippen LogP contribution >= 0.6 is 0 Å². The number of aromatic carboxylic acids is 1. The number of aromatic nitrogens is 3. The summed E-state index contributed by atoms with van der Waals surface area (Å²) < 4.78 is 51.6. The molecule has 0 radical (unpaired) electrons. The number of anilines is 1. The summed E-state index contributed by atoms with van der Waals surface area (Å²) in [5.41, 5.74) is 0.995. The first-order valence-corrected chi connectivity index (χ1v) is 13.7. The van der Waals surface area contributed by atoms with Crippen LogP contribution in [0.1, 0.15) is 42.3 Å². The van der Waals surface area contributed by atoms with Gasteiger partial charge in [0.05, 0.1) is 32.5 Å². The van der Waals surface area contributed by atoms with Crippen LogP contribution in [0.3, 0.4) is 0 Å². The monoisotopic (exact) mass is 587 g/mol. The Hall–Kier alpha value is -4.79. The van der Waals surface area contributed by atoms with E-state index in [1.54, 1.807) is 50.0 Å². The third-order valence-corrected chi connectivity index (χ3v) is 6.99. The number of ether oxygens (including phenoxy) is 3. The summed E-state index contributed by atoms with van der Waals surface area (Å²) in [6.07, 6.45) is 2.84. The van der Waals surface area contributed by atoms with Crippen LogP contribution in [-0.2, 0) is 27.8 Å². The Morgan fingerprint density at radius 1 is 1.07 bits per heavy atom. The standard InChI is InChI=1S/C26H29N5O9S/c1-26(2,3)39-25(34)27-11-16-12-28-31(14-16)13-15-8-19(38-5)22-20(9-15)40-29-23(22)30-41(35,36)21-7-6-17(24(32)33)10-18(21)37-4/h6-10,12,14H,11,13H2,1-5H3,(H,27,34)(H,29,30)(H,32,33). The van der Waals surface area contributed by atoms with Crippen molar-refractivity contribution in [2.45, 2.75) is 44.4 Å². The highest BCUT2D eigenvalue weighted by Crippen LogP contribution is 2.36. The molecule has 14 nitrogen and oxygen atoms in total. The number of carboxylic acid groups (broad SMARTS) is 1. The molecule has 0 aliphatic heterocycles. The number of alkyl carbamates (subject to hydrolysis) is 1. The minimum atomic E-state index is -4.26. The average molecular weight is 588 g/mol. The van der Waals surface area contributed by atoms with Gasteiger partial charge in [0.2, 0.25) is 0 Å². The average Bonchev–Trinajstić information content (AvgIpc) is 3.52. The summed E-state index contributed by atoms with van der Waals surface area (Å²) >= 11 is 0. The zero-order valence-corrected chi connectivity index (χ0v) is 23.7. The summed E-state index contributed by atoms with van der Waals surface area (Å²) in [6.45, 7) is 5.88. The summed E-state index contributed by atoms with van der Waals surface area (Å²) in [4.78, 5) is 22.9. The number of carbonyl (C=O) groups excluding carboxylic acids is 1. The molecule has 0 spiro atoms. The van der Waals surface area contributed by atoms with Crippen LogP contribution in [0.2, 0.25) is 0 Å². The van der Waals surface area contributed by atoms with E-state index in [-0.39, 0.29) is 39.5 Å². The molecule has 0 bridgehead atoms. The molecule has 0 saturated carbocycles. The Balaban J connectivity index is 1.54. The molecule has 3 N–H and O–H groups in total. The van der Waals surface area contributed by atoms with E-state index in [2.05, 4.69) is 20.3 Å². The number of amides is 1. The van der Waals surface area contributed by atoms with Crippen molar-refractivity contribution in [2.24, 2.45) is 0 Å². The van der Waals surface area contributed by atoms with Gasteiger partial charge in [-0.1, -0.05) is 5.16 Å². The number of rotatable bonds is 10. The van der Waals surface area contributed by atoms with Gasteiger partial charge in [-0.05, 0) is 56.7 Å². The van der Waals surface area contributed by atoms with Crippen molar-refractivity contribution in [3.05, 3.63) is 59.4 Å². The second-order valence-electron chi connectivity index (χ2n) is 9.88. The number of carboxylic acids is 1. The molecule has 0 aliphatic carbocycles. The lowest BCUT2D eigenvalue weighted by atomic mass is 10.1. The highest BCUT2D eigenvalue weighted by molar-refractivity contribution is 7.92. The Labute approximate surface area is 235 Å². The lowest BCUT2D eigenvalue weighted by molar-refractivity contribution is 0.0523. The highest BCUT2D eigenvalue weighted by Gasteiger charge is 2.25. The van der Waals surface area contributed by atoms with Gasteiger partial charge >= 0.3 is 12.1 Å². The van der Waals surface area contributed by atoms with Crippen molar-refractivity contribution < 1.29 is 41.8 Å². The molecule has 2 heterocycles. The molecule has 218 valence electrons. The fraction of sp³-hybridized carbons (Fsp3) is 0.308. The molecule has 0 saturated heterocycles. The van der Waals surface area contributed by atoms with Crippen molar-refractivity contribution in [1.82, 2.24) is 20.3 Å². The van der Waals surface area contributed by atoms with Crippen molar-refractivity contribution in [3.8, 4) is 11.5 Å². The van der Waals surface area contributed by atoms with Crippen LogP contribution in [0.15, 0.2) is 52.1 Å². The smallest absolute Gasteiger partial charge is 0.407 e. The molecular formula is C26H29N5O9S. The summed E-state index contributed by atoms with van der Waals surface area (Å²) in [6, 6.07) is 6.76. The molecule has 0 atom stereocenters. The first-order valence-electron chi connectivity index (χ1n) is 12.2. The maximum Gasteiger partial charge on any atom is 0.407 e. The number of sulfonamides is 1. The number of carbonyl (C=O) groups is 2. The van der Waals surface area contributed by atoms with E-state index in [4.69, 9.17) is 18.7 Å². The highest BCUT2D eigenvalue weighted by atomic mass is 32.2. The van der Waals surface area contributed by atoms with Crippen LogP contribution in [0, 0.1) is 0 Å². The van der Waals surface area contributed by atoms with E-state index in [0.29, 0.717) is 12.3 Å². The van der Waals surface area contributed by atoms with E-state index in [9.17, 15) is 23.1 Å². The van der Waals surface area contributed by atoms with Crippen LogP contribution < -0.4 is 19.5 Å². The summed E-state index contributed by atoms with van der Waals surface area (Å²) in [7, 11) is -1.61. The zero-order chi connectivity index (χ0) is 29.9. The predicted octanol–water partition coefficient (Wildman–Crippen LogP) is 3.61. The normalized spacial score (nSPS) is 11.7. The predicted molar refractivity (Wildman–Crippen MR) is 146 cm³/mol. The fourth-order valence-corrected chi connectivity index (χ4v) is 5.03. The minimum absolute atomic E-state index is 0.123. The van der Waals surface area contributed by atoms with Gasteiger partial charge < -0.3 is 29.2 Å². The second-order valence-corrected chi connectivity index (χ2v) is 11.5. The summed E-state index contributed by atoms with van der Waals surface area (Å²) in [5, 5.41) is 20.3. The van der Waals surface area contributed by atoms with Crippen molar-refractivity contribution >= 4 is 38.9 Å². The van der Waals surface area contributed by atoms with Gasteiger partial charge in [-0.3, -0.25) is 9.40 Å². The number of benzene rings is 2. The molecule has 4 rings (SSSR count). The Morgan fingerprint density at radius 3 is 2.46 bits per heavy atom. The van der Waals surface area contributed by atoms with E-state index in [1.165, 1.54) is 14.2 Å². The molecule has 0 unspecified atom stereocenters. The Kier molecular flexibility index (Phi) is 8.10. The van der Waals surface area contributed by atoms with Crippen molar-refractivity contribution in [1.29, 1.82) is 0 Å². The third kappa shape index (κ3) is 6.87. The SMILES string of the molecule is COc1cc(C(=O)O)ccc1S(=O)(=O)Nc1noc2cc(Cn3cc(CNC(=O)OC(C)(C)C)cn3)cc(OC)c12. The number of nitrogens with one attached hydrogen (secondary N) is 2. The molecule has 0 fully saturated rings. The van der Waals surface area contributed by atoms with Crippen molar-refractivity contribution in [3.63, 3.8) is 0 Å². The molecule has 4 aromatic rings. The molecule has 1 amide bonds. The fourth-order valence-electron chi connectivity index (χ4n) is 3.88. The van der Waals surface area contributed by atoms with E-state index >= 15 is 0 Å². The molecular weight excluding hydrogens is 558 g/mol. The maximum atomic E-state index is 13.2. The first-order chi connectivity index (χ1) is 19.3. The van der Waals surface area contributed by atoms with Crippen molar-refractivity contribution in [2.75, 3.05) is 18.9 Å². The molecule has 41 heavy (non-hydrogen) atoms. The van der Waals surface area contributed by atoms with Crippen LogP contribution in [0.25, 0.3) is 11.0 Å². The number of hydrogen-bond donors (Lipinski definition) is 3. The van der Waals surface area contributed by atoms with Crippen LogP contribution in [-0.4, -0.2) is 60.3 Å². The molecule has 15 heteroatoms. The van der Waals surface area contributed by atoms with Gasteiger partial charge in [0.25, 0.3) is 10.0 Å². The maximum absolute atomic E-state index is 13.2. The number of methoxy groups -OCH3 is 2. The lowest BCUT2D eigenvalue weighted by Gasteiger charge is -2.19. The van der Waals surface area contributed by atoms with Gasteiger partial charge in [0.1, 0.15) is 27.4 Å². The van der Waals surface area contributed by atoms with Gasteiger partial charge in [-0.25, -0.2) is 18.0 Å². The van der Waals surface area contributed by atoms with Crippen LogP contribution in [0.4, 0.5) is 10.6 Å². The first kappa shape index (κ1) is 29.2. The van der Waals surface area contributed by atoms with E-state index in [1.807, 2.05) is 0 Å². The largest absolute Gasteiger partial charge is 0.496 e. The van der Waals surface area contributed by atoms with Gasteiger partial charge in [0.15, 0.2) is 11.4 Å². The Bertz CT molecular complexity index is 1700. The summed E-state index contributed by atoms with van der Waals surface area (Å²) in [5.74, 6) is -1.21. The van der Waals surface area contributed by atoms with Crippen LogP contribution in [0.5, 0.6) is 11.5 Å². The van der Waals surface area contributed by atoms with Gasteiger partial charge in [-0.15, -0.1) is 0 Å². The zero-order valence-electron chi connectivity index (χ0n) is 22.9. The number of nitrogens with zero attached hydrogens (tertiary/aromatic N) is 3. The number of fused-ring (bicyclic) bond motifs is 1. The number of hydrogen-bond acceptors (Lipinski definition) is 10. The van der Waals surface area contributed by atoms with E-state index < -0.39 is 27.7 Å². The molecule has 2 aromatic carbocycles. The van der Waals surface area contributed by atoms with Gasteiger partial charge in [-0.2, -0.15) is 5.10 Å². The minimum Gasteiger partial charge on any atom is -0.496 e. The topological polar surface area (TPSA) is 184 Å². The molecule has 2 aromatic heterocycles. The van der Waals surface area contributed by atoms with E-state index in [0.717, 1.165) is 29.3 Å². The third-order valence-electron chi connectivity index (χ3n) is 5.62. The Morgan fingerprint density at radius 2 is 1.80 bits per heavy atom.